The summed E-state index contributed by atoms with van der Waals surface area (Å²) in [4.78, 5) is 22.2. The van der Waals surface area contributed by atoms with Gasteiger partial charge in [0.25, 0.3) is 0 Å². The topological polar surface area (TPSA) is 112 Å². The summed E-state index contributed by atoms with van der Waals surface area (Å²) < 4.78 is 26.8. The highest BCUT2D eigenvalue weighted by atomic mass is 35.5. The van der Waals surface area contributed by atoms with E-state index in [1.54, 1.807) is 24.3 Å². The lowest BCUT2D eigenvalue weighted by atomic mass is 10.2. The predicted octanol–water partition coefficient (Wildman–Crippen LogP) is 2.70. The molecule has 0 heterocycles. The van der Waals surface area contributed by atoms with E-state index in [0.29, 0.717) is 10.6 Å². The zero-order chi connectivity index (χ0) is 19.5. The summed E-state index contributed by atoms with van der Waals surface area (Å²) in [6.07, 6.45) is 0. The van der Waals surface area contributed by atoms with E-state index in [1.807, 2.05) is 0 Å². The Bertz CT molecular complexity index is 944. The van der Waals surface area contributed by atoms with Crippen molar-refractivity contribution in [3.63, 3.8) is 0 Å². The molecule has 2 rings (SSSR count). The zero-order valence-electron chi connectivity index (χ0n) is 13.7. The van der Waals surface area contributed by atoms with Gasteiger partial charge in [0.1, 0.15) is 6.04 Å². The number of hydrogen-bond acceptors (Lipinski definition) is 4. The smallest absolute Gasteiger partial charge is 0.335 e. The summed E-state index contributed by atoms with van der Waals surface area (Å²) in [5, 5.41) is 18.7. The molecule has 7 nitrogen and oxygen atoms in total. The van der Waals surface area contributed by atoms with Crippen molar-refractivity contribution >= 4 is 33.6 Å². The van der Waals surface area contributed by atoms with E-state index < -0.39 is 28.0 Å². The molecule has 0 aliphatic rings. The highest BCUT2D eigenvalue weighted by molar-refractivity contribution is 7.89. The van der Waals surface area contributed by atoms with Crippen molar-refractivity contribution in [3.8, 4) is 0 Å². The molecule has 0 saturated heterocycles. The zero-order valence-corrected chi connectivity index (χ0v) is 15.2. The highest BCUT2D eigenvalue weighted by Crippen LogP contribution is 2.25. The fourth-order valence-electron chi connectivity index (χ4n) is 2.27. The first kappa shape index (κ1) is 19.9. The maximum absolute atomic E-state index is 13.0. The largest absolute Gasteiger partial charge is 0.480 e. The van der Waals surface area contributed by atoms with Crippen LogP contribution in [0.25, 0.3) is 0 Å². The second-order valence-electron chi connectivity index (χ2n) is 5.49. The van der Waals surface area contributed by atoms with Gasteiger partial charge in [-0.1, -0.05) is 35.9 Å². The van der Waals surface area contributed by atoms with Crippen molar-refractivity contribution in [2.45, 2.75) is 24.4 Å². The van der Waals surface area contributed by atoms with Crippen LogP contribution in [-0.4, -0.2) is 40.9 Å². The lowest BCUT2D eigenvalue weighted by molar-refractivity contribution is -0.141. The molecule has 0 fully saturated rings. The number of sulfonamides is 1. The summed E-state index contributed by atoms with van der Waals surface area (Å²) in [5.74, 6) is -2.62. The van der Waals surface area contributed by atoms with Gasteiger partial charge in [-0.15, -0.1) is 0 Å². The molecule has 9 heteroatoms. The maximum atomic E-state index is 13.0. The van der Waals surface area contributed by atoms with Gasteiger partial charge in [0.2, 0.25) is 10.0 Å². The molecule has 0 bridgehead atoms. The number of aliphatic carboxylic acids is 1. The monoisotopic (exact) mass is 397 g/mol. The number of carbonyl (C=O) groups is 2. The van der Waals surface area contributed by atoms with Gasteiger partial charge in [-0.3, -0.25) is 4.79 Å². The fraction of sp³-hybridized carbons (Fsp3) is 0.176. The fourth-order valence-corrected chi connectivity index (χ4v) is 4.08. The van der Waals surface area contributed by atoms with Gasteiger partial charge in [0.15, 0.2) is 0 Å². The molecule has 2 aromatic carbocycles. The van der Waals surface area contributed by atoms with Gasteiger partial charge in [0, 0.05) is 11.6 Å². The van der Waals surface area contributed by atoms with Crippen molar-refractivity contribution in [1.29, 1.82) is 0 Å². The van der Waals surface area contributed by atoms with Gasteiger partial charge in [0.05, 0.1) is 10.5 Å². The van der Waals surface area contributed by atoms with Crippen LogP contribution in [0.2, 0.25) is 5.02 Å². The van der Waals surface area contributed by atoms with E-state index in [-0.39, 0.29) is 17.0 Å². The highest BCUT2D eigenvalue weighted by Gasteiger charge is 2.33. The van der Waals surface area contributed by atoms with Crippen LogP contribution < -0.4 is 0 Å². The number of aromatic carboxylic acids is 1. The van der Waals surface area contributed by atoms with Crippen LogP contribution in [0.1, 0.15) is 22.8 Å². The number of rotatable bonds is 7. The van der Waals surface area contributed by atoms with Crippen LogP contribution in [0.4, 0.5) is 0 Å². The average molecular weight is 398 g/mol. The van der Waals surface area contributed by atoms with Crippen LogP contribution in [0, 0.1) is 0 Å². The lowest BCUT2D eigenvalue weighted by Crippen LogP contribution is -2.42. The third kappa shape index (κ3) is 4.21. The van der Waals surface area contributed by atoms with Gasteiger partial charge in [-0.2, -0.15) is 4.31 Å². The summed E-state index contributed by atoms with van der Waals surface area (Å²) in [7, 11) is -4.29. The molecule has 2 N–H and O–H groups in total. The minimum absolute atomic E-state index is 0.216. The standard InChI is InChI=1S/C17H16ClNO6S/c1-11(16(20)21)19(10-13-5-2-3-8-15(13)18)26(24,25)14-7-4-6-12(9-14)17(22)23/h2-9,11H,10H2,1H3,(H,20,21)(H,22,23). The molecule has 0 aliphatic carbocycles. The first-order valence-electron chi connectivity index (χ1n) is 7.46. The van der Waals surface area contributed by atoms with Crippen molar-refractivity contribution in [2.24, 2.45) is 0 Å². The van der Waals surface area contributed by atoms with E-state index in [2.05, 4.69) is 0 Å². The first-order chi connectivity index (χ1) is 12.1. The van der Waals surface area contributed by atoms with Gasteiger partial charge in [-0.25, -0.2) is 13.2 Å². The van der Waals surface area contributed by atoms with Gasteiger partial charge >= 0.3 is 11.9 Å². The van der Waals surface area contributed by atoms with Crippen LogP contribution in [0.15, 0.2) is 53.4 Å². The predicted molar refractivity (Wildman–Crippen MR) is 94.7 cm³/mol. The van der Waals surface area contributed by atoms with Gasteiger partial charge < -0.3 is 10.2 Å². The first-order valence-corrected chi connectivity index (χ1v) is 9.28. The van der Waals surface area contributed by atoms with Gasteiger partial charge in [-0.05, 0) is 36.8 Å². The second-order valence-corrected chi connectivity index (χ2v) is 7.79. The van der Waals surface area contributed by atoms with E-state index in [9.17, 15) is 23.1 Å². The Hall–Kier alpha value is -2.42. The number of hydrogen-bond donors (Lipinski definition) is 2. The summed E-state index contributed by atoms with van der Waals surface area (Å²) in [6.45, 7) is 0.963. The normalized spacial score (nSPS) is 12.7. The van der Waals surface area contributed by atoms with E-state index in [4.69, 9.17) is 16.7 Å². The Morgan fingerprint density at radius 2 is 1.77 bits per heavy atom. The summed E-state index contributed by atoms with van der Waals surface area (Å²) in [5.41, 5.74) is 0.215. The third-order valence-corrected chi connectivity index (χ3v) is 6.04. The van der Waals surface area contributed by atoms with Crippen LogP contribution in [0.3, 0.4) is 0 Å². The number of carboxylic acid groups (broad SMARTS) is 2. The lowest BCUT2D eigenvalue weighted by Gasteiger charge is -2.26. The molecule has 1 atom stereocenters. The number of carboxylic acids is 2. The van der Waals surface area contributed by atoms with E-state index in [0.717, 1.165) is 10.4 Å². The van der Waals surface area contributed by atoms with E-state index in [1.165, 1.54) is 25.1 Å². The average Bonchev–Trinajstić information content (AvgIpc) is 2.60. The minimum atomic E-state index is -4.29. The third-order valence-electron chi connectivity index (χ3n) is 3.76. The Kier molecular flexibility index (Phi) is 6.01. The van der Waals surface area contributed by atoms with Crippen LogP contribution >= 0.6 is 11.6 Å². The van der Waals surface area contributed by atoms with Crippen molar-refractivity contribution in [2.75, 3.05) is 0 Å². The molecule has 0 aromatic heterocycles. The molecule has 0 saturated carbocycles. The maximum Gasteiger partial charge on any atom is 0.335 e. The second kappa shape index (κ2) is 7.86. The number of benzene rings is 2. The molecule has 26 heavy (non-hydrogen) atoms. The quantitative estimate of drug-likeness (QED) is 0.742. The Balaban J connectivity index is 2.53. The van der Waals surface area contributed by atoms with Crippen molar-refractivity contribution < 1.29 is 28.2 Å². The number of halogens is 1. The summed E-state index contributed by atoms with van der Waals surface area (Å²) in [6, 6.07) is 9.84. The van der Waals surface area contributed by atoms with Crippen molar-refractivity contribution in [3.05, 3.63) is 64.7 Å². The molecular formula is C17H16ClNO6S. The molecule has 0 aliphatic heterocycles. The molecule has 0 radical (unpaired) electrons. The molecular weight excluding hydrogens is 382 g/mol. The van der Waals surface area contributed by atoms with Crippen molar-refractivity contribution in [1.82, 2.24) is 4.31 Å². The SMILES string of the molecule is CC(C(=O)O)N(Cc1ccccc1Cl)S(=O)(=O)c1cccc(C(=O)O)c1. The van der Waals surface area contributed by atoms with E-state index >= 15 is 0 Å². The Labute approximate surface area is 155 Å². The molecule has 2 aromatic rings. The molecule has 0 amide bonds. The summed E-state index contributed by atoms with van der Waals surface area (Å²) >= 11 is 6.07. The molecule has 0 spiro atoms. The Morgan fingerprint density at radius 1 is 1.12 bits per heavy atom. The number of nitrogens with zero attached hydrogens (tertiary/aromatic N) is 1. The molecule has 1 unspecified atom stereocenters. The minimum Gasteiger partial charge on any atom is -0.480 e. The Morgan fingerprint density at radius 3 is 2.35 bits per heavy atom. The molecule has 138 valence electrons. The van der Waals surface area contributed by atoms with Crippen LogP contribution in [0.5, 0.6) is 0 Å². The van der Waals surface area contributed by atoms with Crippen LogP contribution in [-0.2, 0) is 21.4 Å².